The van der Waals surface area contributed by atoms with Crippen molar-refractivity contribution >= 4 is 43.6 Å². The predicted molar refractivity (Wildman–Crippen MR) is 153 cm³/mol. The first-order valence-corrected chi connectivity index (χ1v) is 13.2. The Hall–Kier alpha value is -4.12. The normalized spacial score (nSPS) is 11.8. The molecule has 5 nitrogen and oxygen atoms in total. The molecule has 0 unspecified atom stereocenters. The first-order chi connectivity index (χ1) is 18.1. The first kappa shape index (κ1) is 23.3. The lowest BCUT2D eigenvalue weighted by molar-refractivity contribution is 0.582. The van der Waals surface area contributed by atoms with E-state index in [1.807, 2.05) is 66.7 Å². The van der Waals surface area contributed by atoms with Gasteiger partial charge < -0.3 is 13.6 Å². The number of hydrogen-bond donors (Lipinski definition) is 0. The van der Waals surface area contributed by atoms with E-state index in [2.05, 4.69) is 23.0 Å². The molecule has 0 spiro atoms. The van der Waals surface area contributed by atoms with Gasteiger partial charge in [-0.15, -0.1) is 0 Å². The second kappa shape index (κ2) is 9.40. The van der Waals surface area contributed by atoms with Crippen LogP contribution in [0, 0.1) is 0 Å². The minimum absolute atomic E-state index is 0.00848. The Morgan fingerprint density at radius 2 is 1.30 bits per heavy atom. The van der Waals surface area contributed by atoms with Gasteiger partial charge in [-0.05, 0) is 61.4 Å². The monoisotopic (exact) mass is 490 g/mol. The minimum atomic E-state index is -0.0179. The molecule has 0 atom stereocenters. The number of nitrogens with zero attached hydrogens (tertiary/aromatic N) is 2. The van der Waals surface area contributed by atoms with Gasteiger partial charge in [-0.25, -0.2) is 0 Å². The topological polar surface area (TPSA) is 57.1 Å². The lowest BCUT2D eigenvalue weighted by Crippen LogP contribution is -2.16. The van der Waals surface area contributed by atoms with Gasteiger partial charge in [0.05, 0.1) is 28.3 Å². The second-order valence-corrected chi connectivity index (χ2v) is 9.75. The van der Waals surface area contributed by atoms with Crippen LogP contribution >= 0.6 is 0 Å². The molecular weight excluding hydrogens is 460 g/mol. The molecular formula is C32H30N2O3. The summed E-state index contributed by atoms with van der Waals surface area (Å²) in [5.41, 5.74) is 4.27. The highest BCUT2D eigenvalue weighted by Gasteiger charge is 2.19. The van der Waals surface area contributed by atoms with E-state index in [1.165, 1.54) is 0 Å². The SMILES string of the molecule is CCCCn1c2ccccc2c(=O)c2cc3c(cc21)c(=O)c1cccc(-c2ccco2)c1n3CCCC. The third-order valence-electron chi connectivity index (χ3n) is 7.43. The van der Waals surface area contributed by atoms with Crippen molar-refractivity contribution in [2.24, 2.45) is 0 Å². The van der Waals surface area contributed by atoms with Crippen LogP contribution in [0.5, 0.6) is 0 Å². The molecule has 3 aromatic heterocycles. The van der Waals surface area contributed by atoms with E-state index in [-0.39, 0.29) is 10.9 Å². The molecule has 0 radical (unpaired) electrons. The molecule has 3 heterocycles. The number of aromatic nitrogens is 2. The Bertz CT molecular complexity index is 1890. The van der Waals surface area contributed by atoms with Crippen LogP contribution in [-0.4, -0.2) is 9.13 Å². The van der Waals surface area contributed by atoms with Crippen molar-refractivity contribution < 1.29 is 4.42 Å². The van der Waals surface area contributed by atoms with Gasteiger partial charge in [-0.2, -0.15) is 0 Å². The molecule has 6 aromatic rings. The lowest BCUT2D eigenvalue weighted by Gasteiger charge is -2.20. The van der Waals surface area contributed by atoms with Crippen LogP contribution in [0.1, 0.15) is 39.5 Å². The molecule has 0 amide bonds. The Morgan fingerprint density at radius 1 is 0.649 bits per heavy atom. The fourth-order valence-electron chi connectivity index (χ4n) is 5.58. The van der Waals surface area contributed by atoms with Gasteiger partial charge in [0, 0.05) is 40.2 Å². The summed E-state index contributed by atoms with van der Waals surface area (Å²) < 4.78 is 10.2. The average Bonchev–Trinajstić information content (AvgIpc) is 3.47. The van der Waals surface area contributed by atoms with Crippen molar-refractivity contribution in [3.05, 3.63) is 93.4 Å². The van der Waals surface area contributed by atoms with Crippen molar-refractivity contribution in [1.29, 1.82) is 0 Å². The van der Waals surface area contributed by atoms with Crippen LogP contribution in [0.15, 0.2) is 87.0 Å². The number of aryl methyl sites for hydroxylation is 2. The summed E-state index contributed by atoms with van der Waals surface area (Å²) >= 11 is 0. The van der Waals surface area contributed by atoms with Crippen LogP contribution in [-0.2, 0) is 13.1 Å². The highest BCUT2D eigenvalue weighted by molar-refractivity contribution is 6.06. The minimum Gasteiger partial charge on any atom is -0.464 e. The Morgan fingerprint density at radius 3 is 2.00 bits per heavy atom. The summed E-state index contributed by atoms with van der Waals surface area (Å²) in [6, 6.07) is 21.3. The van der Waals surface area contributed by atoms with Crippen molar-refractivity contribution in [2.45, 2.75) is 52.6 Å². The number of pyridine rings is 2. The van der Waals surface area contributed by atoms with E-state index in [0.29, 0.717) is 21.5 Å². The van der Waals surface area contributed by atoms with Crippen molar-refractivity contribution in [1.82, 2.24) is 9.13 Å². The molecule has 6 rings (SSSR count). The zero-order valence-corrected chi connectivity index (χ0v) is 21.3. The number of rotatable bonds is 7. The third kappa shape index (κ3) is 3.69. The predicted octanol–water partition coefficient (Wildman–Crippen LogP) is 7.48. The van der Waals surface area contributed by atoms with Crippen molar-refractivity contribution in [3.63, 3.8) is 0 Å². The zero-order chi connectivity index (χ0) is 25.5. The maximum Gasteiger partial charge on any atom is 0.197 e. The number of unbranched alkanes of at least 4 members (excludes halogenated alkanes) is 2. The van der Waals surface area contributed by atoms with E-state index in [9.17, 15) is 9.59 Å². The van der Waals surface area contributed by atoms with E-state index in [0.717, 1.165) is 72.2 Å². The summed E-state index contributed by atoms with van der Waals surface area (Å²) in [5.74, 6) is 0.725. The van der Waals surface area contributed by atoms with Crippen molar-refractivity contribution in [2.75, 3.05) is 0 Å². The highest BCUT2D eigenvalue weighted by Crippen LogP contribution is 2.32. The fourth-order valence-corrected chi connectivity index (χ4v) is 5.58. The van der Waals surface area contributed by atoms with Gasteiger partial charge in [-0.1, -0.05) is 44.9 Å². The number of fused-ring (bicyclic) bond motifs is 4. The van der Waals surface area contributed by atoms with Crippen LogP contribution in [0.25, 0.3) is 54.9 Å². The Labute approximate surface area is 214 Å². The summed E-state index contributed by atoms with van der Waals surface area (Å²) in [5, 5.41) is 2.68. The first-order valence-electron chi connectivity index (χ1n) is 13.2. The summed E-state index contributed by atoms with van der Waals surface area (Å²) in [6.07, 6.45) is 5.65. The van der Waals surface area contributed by atoms with Crippen molar-refractivity contribution in [3.8, 4) is 11.3 Å². The molecule has 0 aliphatic carbocycles. The van der Waals surface area contributed by atoms with Crippen LogP contribution in [0.3, 0.4) is 0 Å². The smallest absolute Gasteiger partial charge is 0.197 e. The quantitative estimate of drug-likeness (QED) is 0.218. The number of benzene rings is 3. The molecule has 5 heteroatoms. The molecule has 0 fully saturated rings. The molecule has 186 valence electrons. The van der Waals surface area contributed by atoms with E-state index >= 15 is 0 Å². The molecule has 3 aromatic carbocycles. The number of hydrogen-bond acceptors (Lipinski definition) is 3. The highest BCUT2D eigenvalue weighted by atomic mass is 16.3. The van der Waals surface area contributed by atoms with E-state index < -0.39 is 0 Å². The van der Waals surface area contributed by atoms with Gasteiger partial charge in [0.15, 0.2) is 10.9 Å². The summed E-state index contributed by atoms with van der Waals surface area (Å²) in [6.45, 7) is 5.86. The van der Waals surface area contributed by atoms with E-state index in [1.54, 1.807) is 6.26 Å². The lowest BCUT2D eigenvalue weighted by atomic mass is 10.0. The standard InChI is InChI=1S/C32H30N2O3/c1-3-5-16-33-26-14-8-7-11-21(26)31(35)24-20-28-25(19-27(24)33)32(36)23-13-9-12-22(29-15-10-18-37-29)30(23)34(28)17-6-4-2/h7-15,18-20H,3-6,16-17H2,1-2H3. The summed E-state index contributed by atoms with van der Waals surface area (Å²) in [4.78, 5) is 27.8. The Balaban J connectivity index is 1.81. The number of para-hydroxylation sites is 2. The molecule has 0 aliphatic rings. The third-order valence-corrected chi connectivity index (χ3v) is 7.43. The maximum absolute atomic E-state index is 14.0. The average molecular weight is 491 g/mol. The van der Waals surface area contributed by atoms with Crippen LogP contribution in [0.2, 0.25) is 0 Å². The van der Waals surface area contributed by atoms with E-state index in [4.69, 9.17) is 4.42 Å². The Kier molecular flexibility index (Phi) is 5.91. The van der Waals surface area contributed by atoms with Crippen LogP contribution < -0.4 is 10.9 Å². The van der Waals surface area contributed by atoms with Gasteiger partial charge in [0.25, 0.3) is 0 Å². The molecule has 0 saturated heterocycles. The van der Waals surface area contributed by atoms with Crippen LogP contribution in [0.4, 0.5) is 0 Å². The van der Waals surface area contributed by atoms with Gasteiger partial charge in [-0.3, -0.25) is 9.59 Å². The summed E-state index contributed by atoms with van der Waals surface area (Å²) in [7, 11) is 0. The molecule has 37 heavy (non-hydrogen) atoms. The van der Waals surface area contributed by atoms with Gasteiger partial charge >= 0.3 is 0 Å². The molecule has 0 bridgehead atoms. The van der Waals surface area contributed by atoms with Gasteiger partial charge in [0.2, 0.25) is 0 Å². The molecule has 0 aliphatic heterocycles. The van der Waals surface area contributed by atoms with Gasteiger partial charge in [0.1, 0.15) is 5.76 Å². The zero-order valence-electron chi connectivity index (χ0n) is 21.3. The second-order valence-electron chi connectivity index (χ2n) is 9.75. The number of furan rings is 1. The molecule has 0 saturated carbocycles. The maximum atomic E-state index is 14.0. The fraction of sp³-hybridized carbons (Fsp3) is 0.250. The largest absolute Gasteiger partial charge is 0.464 e. The molecule has 0 N–H and O–H groups in total.